The van der Waals surface area contributed by atoms with Gasteiger partial charge in [-0.3, -0.25) is 19.8 Å². The average Bonchev–Trinajstić information content (AvgIpc) is 3.14. The summed E-state index contributed by atoms with van der Waals surface area (Å²) in [7, 11) is 1.32. The Kier molecular flexibility index (Phi) is 5.93. The number of benzene rings is 1. The van der Waals surface area contributed by atoms with Gasteiger partial charge < -0.3 is 9.64 Å². The molecule has 1 atom stereocenters. The molecule has 0 aliphatic carbocycles. The summed E-state index contributed by atoms with van der Waals surface area (Å²) in [6, 6.07) is 7.68. The van der Waals surface area contributed by atoms with Crippen molar-refractivity contribution in [2.24, 2.45) is 0 Å². The predicted octanol–water partition coefficient (Wildman–Crippen LogP) is 2.01. The normalized spacial score (nSPS) is 16.0. The molecule has 0 bridgehead atoms. The zero-order valence-electron chi connectivity index (χ0n) is 16.4. The highest BCUT2D eigenvalue weighted by molar-refractivity contribution is 5.80. The van der Waals surface area contributed by atoms with E-state index in [-0.39, 0.29) is 17.5 Å². The maximum Gasteiger partial charge on any atom is 0.350 e. The van der Waals surface area contributed by atoms with Crippen molar-refractivity contribution in [1.82, 2.24) is 19.6 Å². The number of nitro groups is 1. The minimum Gasteiger partial charge on any atom is -0.475 e. The van der Waals surface area contributed by atoms with Crippen LogP contribution in [0, 0.1) is 17.0 Å². The zero-order chi connectivity index (χ0) is 20.3. The number of rotatable bonds is 6. The molecule has 1 fully saturated rings. The van der Waals surface area contributed by atoms with Crippen molar-refractivity contribution in [1.29, 1.82) is 0 Å². The number of hydrogen-bond acceptors (Lipinski definition) is 6. The van der Waals surface area contributed by atoms with E-state index in [0.717, 1.165) is 19.6 Å². The lowest BCUT2D eigenvalue weighted by molar-refractivity contribution is -0.385. The summed E-state index contributed by atoms with van der Waals surface area (Å²) in [4.78, 5) is 27.5. The molecule has 0 radical (unpaired) electrons. The molecule has 1 aliphatic rings. The van der Waals surface area contributed by atoms with Crippen molar-refractivity contribution in [3.8, 4) is 5.88 Å². The van der Waals surface area contributed by atoms with Crippen molar-refractivity contribution in [3.63, 3.8) is 0 Å². The third kappa shape index (κ3) is 4.14. The first kappa shape index (κ1) is 19.8. The molecule has 0 saturated carbocycles. The summed E-state index contributed by atoms with van der Waals surface area (Å²) in [6.07, 6.45) is 1.25. The largest absolute Gasteiger partial charge is 0.475 e. The Morgan fingerprint density at radius 3 is 2.54 bits per heavy atom. The molecule has 0 N–H and O–H groups in total. The Morgan fingerprint density at radius 1 is 1.29 bits per heavy atom. The van der Waals surface area contributed by atoms with E-state index in [1.165, 1.54) is 29.1 Å². The van der Waals surface area contributed by atoms with Crippen LogP contribution in [0.1, 0.15) is 24.1 Å². The summed E-state index contributed by atoms with van der Waals surface area (Å²) in [5, 5.41) is 15.1. The predicted molar refractivity (Wildman–Crippen MR) is 103 cm³/mol. The number of amides is 1. The Bertz CT molecular complexity index is 858. The van der Waals surface area contributed by atoms with Gasteiger partial charge in [0, 0.05) is 32.7 Å². The summed E-state index contributed by atoms with van der Waals surface area (Å²) < 4.78 is 6.24. The monoisotopic (exact) mass is 387 g/mol. The molecule has 1 aromatic heterocycles. The third-order valence-corrected chi connectivity index (χ3v) is 5.16. The molecular formula is C19H25N5O4. The quantitative estimate of drug-likeness (QED) is 0.556. The smallest absolute Gasteiger partial charge is 0.350 e. The number of aromatic nitrogens is 2. The van der Waals surface area contributed by atoms with Crippen LogP contribution in [0.4, 0.5) is 5.69 Å². The molecule has 1 aromatic carbocycles. The van der Waals surface area contributed by atoms with Crippen LogP contribution in [-0.4, -0.2) is 63.7 Å². The summed E-state index contributed by atoms with van der Waals surface area (Å²) in [5.74, 6) is -0.191. The summed E-state index contributed by atoms with van der Waals surface area (Å²) in [5.41, 5.74) is 2.32. The molecule has 9 nitrogen and oxygen atoms in total. The van der Waals surface area contributed by atoms with Crippen molar-refractivity contribution in [3.05, 3.63) is 51.7 Å². The fourth-order valence-corrected chi connectivity index (χ4v) is 3.37. The van der Waals surface area contributed by atoms with Gasteiger partial charge >= 0.3 is 11.6 Å². The Morgan fingerprint density at radius 2 is 1.96 bits per heavy atom. The number of methoxy groups -OCH3 is 1. The Hall–Kier alpha value is -2.94. The van der Waals surface area contributed by atoms with Crippen LogP contribution in [0.5, 0.6) is 5.88 Å². The molecule has 1 saturated heterocycles. The van der Waals surface area contributed by atoms with E-state index in [4.69, 9.17) is 4.74 Å². The Balaban J connectivity index is 1.60. The molecule has 28 heavy (non-hydrogen) atoms. The molecule has 2 heterocycles. The molecule has 9 heteroatoms. The lowest BCUT2D eigenvalue weighted by Gasteiger charge is -2.36. The second-order valence-corrected chi connectivity index (χ2v) is 6.96. The Labute approximate surface area is 163 Å². The second-order valence-electron chi connectivity index (χ2n) is 6.96. The SMILES string of the molecule is COc1nn(C(C)C(=O)N2CCN(Cc3ccccc3C)CC2)cc1[N+](=O)[O-]. The molecule has 0 spiro atoms. The van der Waals surface area contributed by atoms with Gasteiger partial charge in [0.1, 0.15) is 12.2 Å². The number of ether oxygens (including phenoxy) is 1. The minimum absolute atomic E-state index is 0.0901. The van der Waals surface area contributed by atoms with Gasteiger partial charge in [0.2, 0.25) is 5.91 Å². The first-order chi connectivity index (χ1) is 13.4. The van der Waals surface area contributed by atoms with Crippen LogP contribution in [0.15, 0.2) is 30.5 Å². The van der Waals surface area contributed by atoms with Crippen LogP contribution in [0.25, 0.3) is 0 Å². The molecular weight excluding hydrogens is 362 g/mol. The standard InChI is InChI=1S/C19H25N5O4/c1-14-6-4-5-7-16(14)12-21-8-10-22(11-9-21)19(25)15(2)23-13-17(24(26)27)18(20-23)28-3/h4-7,13,15H,8-12H2,1-3H3. The van der Waals surface area contributed by atoms with E-state index in [2.05, 4.69) is 29.1 Å². The molecule has 1 amide bonds. The molecule has 150 valence electrons. The van der Waals surface area contributed by atoms with Gasteiger partial charge in [0.05, 0.1) is 12.0 Å². The van der Waals surface area contributed by atoms with Crippen LogP contribution < -0.4 is 4.74 Å². The fraction of sp³-hybridized carbons (Fsp3) is 0.474. The van der Waals surface area contributed by atoms with E-state index in [1.54, 1.807) is 11.8 Å². The maximum atomic E-state index is 12.8. The van der Waals surface area contributed by atoms with Gasteiger partial charge in [-0.05, 0) is 25.0 Å². The summed E-state index contributed by atoms with van der Waals surface area (Å²) in [6.45, 7) is 7.48. The van der Waals surface area contributed by atoms with E-state index in [1.807, 2.05) is 12.1 Å². The van der Waals surface area contributed by atoms with Gasteiger partial charge in [-0.25, -0.2) is 4.68 Å². The number of aryl methyl sites for hydroxylation is 1. The number of carbonyl (C=O) groups excluding carboxylic acids is 1. The van der Waals surface area contributed by atoms with Crippen molar-refractivity contribution in [2.45, 2.75) is 26.4 Å². The second kappa shape index (κ2) is 8.39. The zero-order valence-corrected chi connectivity index (χ0v) is 16.4. The number of hydrogen-bond donors (Lipinski definition) is 0. The van der Waals surface area contributed by atoms with Crippen LogP contribution in [-0.2, 0) is 11.3 Å². The number of piperazine rings is 1. The first-order valence-electron chi connectivity index (χ1n) is 9.24. The van der Waals surface area contributed by atoms with Crippen LogP contribution >= 0.6 is 0 Å². The molecule has 2 aromatic rings. The lowest BCUT2D eigenvalue weighted by atomic mass is 10.1. The van der Waals surface area contributed by atoms with Crippen molar-refractivity contribution in [2.75, 3.05) is 33.3 Å². The molecule has 3 rings (SSSR count). The average molecular weight is 387 g/mol. The highest BCUT2D eigenvalue weighted by Gasteiger charge is 2.29. The minimum atomic E-state index is -0.634. The first-order valence-corrected chi connectivity index (χ1v) is 9.24. The fourth-order valence-electron chi connectivity index (χ4n) is 3.37. The van der Waals surface area contributed by atoms with E-state index < -0.39 is 11.0 Å². The van der Waals surface area contributed by atoms with Gasteiger partial charge in [-0.15, -0.1) is 5.10 Å². The topological polar surface area (TPSA) is 93.7 Å². The van der Waals surface area contributed by atoms with Gasteiger partial charge in [-0.1, -0.05) is 24.3 Å². The highest BCUT2D eigenvalue weighted by Crippen LogP contribution is 2.26. The van der Waals surface area contributed by atoms with Crippen LogP contribution in [0.2, 0.25) is 0 Å². The van der Waals surface area contributed by atoms with E-state index >= 15 is 0 Å². The molecule has 1 aliphatic heterocycles. The number of carbonyl (C=O) groups is 1. The van der Waals surface area contributed by atoms with Gasteiger partial charge in [-0.2, -0.15) is 0 Å². The van der Waals surface area contributed by atoms with E-state index in [9.17, 15) is 14.9 Å². The van der Waals surface area contributed by atoms with Gasteiger partial charge in [0.25, 0.3) is 0 Å². The third-order valence-electron chi connectivity index (χ3n) is 5.16. The maximum absolute atomic E-state index is 12.8. The summed E-state index contributed by atoms with van der Waals surface area (Å²) >= 11 is 0. The number of nitrogens with zero attached hydrogens (tertiary/aromatic N) is 5. The lowest BCUT2D eigenvalue weighted by Crippen LogP contribution is -2.50. The molecule has 1 unspecified atom stereocenters. The van der Waals surface area contributed by atoms with Crippen molar-refractivity contribution < 1.29 is 14.5 Å². The van der Waals surface area contributed by atoms with Gasteiger partial charge in [0.15, 0.2) is 0 Å². The highest BCUT2D eigenvalue weighted by atomic mass is 16.6. The van der Waals surface area contributed by atoms with Crippen LogP contribution in [0.3, 0.4) is 0 Å². The van der Waals surface area contributed by atoms with E-state index in [0.29, 0.717) is 13.1 Å². The van der Waals surface area contributed by atoms with Crippen molar-refractivity contribution >= 4 is 11.6 Å².